The molecule has 1 saturated heterocycles. The fourth-order valence-electron chi connectivity index (χ4n) is 2.35. The number of aromatic nitrogens is 2. The SMILES string of the molecule is COc1cnc(C2CCCN(C(=O)OC(C)(C)C)C2)cn1. The number of amides is 1. The zero-order valence-corrected chi connectivity index (χ0v) is 13.1. The number of methoxy groups -OCH3 is 1. The molecular weight excluding hydrogens is 270 g/mol. The van der Waals surface area contributed by atoms with Crippen LogP contribution in [0.15, 0.2) is 12.4 Å². The van der Waals surface area contributed by atoms with Crippen molar-refractivity contribution in [2.45, 2.75) is 45.1 Å². The van der Waals surface area contributed by atoms with Crippen LogP contribution in [0.5, 0.6) is 5.88 Å². The minimum absolute atomic E-state index is 0.199. The third kappa shape index (κ3) is 4.31. The average molecular weight is 293 g/mol. The molecule has 6 heteroatoms. The summed E-state index contributed by atoms with van der Waals surface area (Å²) in [7, 11) is 1.56. The zero-order chi connectivity index (χ0) is 15.5. The van der Waals surface area contributed by atoms with Crippen LogP contribution in [0.1, 0.15) is 45.2 Å². The molecule has 21 heavy (non-hydrogen) atoms. The summed E-state index contributed by atoms with van der Waals surface area (Å²) < 4.78 is 10.4. The van der Waals surface area contributed by atoms with Gasteiger partial charge in [0.25, 0.3) is 0 Å². The maximum Gasteiger partial charge on any atom is 0.410 e. The molecule has 1 amide bonds. The lowest BCUT2D eigenvalue weighted by molar-refractivity contribution is 0.0197. The van der Waals surface area contributed by atoms with Crippen molar-refractivity contribution in [3.05, 3.63) is 18.1 Å². The van der Waals surface area contributed by atoms with Gasteiger partial charge in [-0.25, -0.2) is 9.78 Å². The highest BCUT2D eigenvalue weighted by molar-refractivity contribution is 5.68. The molecule has 116 valence electrons. The normalized spacial score (nSPS) is 19.2. The van der Waals surface area contributed by atoms with E-state index in [0.717, 1.165) is 25.1 Å². The van der Waals surface area contributed by atoms with Crippen LogP contribution in [0.4, 0.5) is 4.79 Å². The van der Waals surface area contributed by atoms with Gasteiger partial charge in [0.05, 0.1) is 25.2 Å². The number of likely N-dealkylation sites (tertiary alicyclic amines) is 1. The zero-order valence-electron chi connectivity index (χ0n) is 13.1. The van der Waals surface area contributed by atoms with Crippen LogP contribution in [-0.4, -0.2) is 46.8 Å². The Morgan fingerprint density at radius 1 is 1.33 bits per heavy atom. The van der Waals surface area contributed by atoms with Gasteiger partial charge < -0.3 is 14.4 Å². The fourth-order valence-corrected chi connectivity index (χ4v) is 2.35. The molecule has 0 aliphatic carbocycles. The molecular formula is C15H23N3O3. The summed E-state index contributed by atoms with van der Waals surface area (Å²) in [5.74, 6) is 0.697. The van der Waals surface area contributed by atoms with Gasteiger partial charge in [-0.05, 0) is 33.6 Å². The van der Waals surface area contributed by atoms with E-state index in [1.165, 1.54) is 0 Å². The summed E-state index contributed by atoms with van der Waals surface area (Å²) in [4.78, 5) is 22.5. The molecule has 0 bridgehead atoms. The van der Waals surface area contributed by atoms with E-state index in [1.54, 1.807) is 24.4 Å². The number of piperidine rings is 1. The molecule has 1 aliphatic heterocycles. The molecule has 1 aromatic rings. The number of hydrogen-bond acceptors (Lipinski definition) is 5. The highest BCUT2D eigenvalue weighted by Gasteiger charge is 2.29. The summed E-state index contributed by atoms with van der Waals surface area (Å²) in [6.45, 7) is 6.98. The van der Waals surface area contributed by atoms with Gasteiger partial charge in [-0.1, -0.05) is 0 Å². The van der Waals surface area contributed by atoms with Crippen molar-refractivity contribution in [1.29, 1.82) is 0 Å². The number of ether oxygens (including phenoxy) is 2. The van der Waals surface area contributed by atoms with Crippen LogP contribution < -0.4 is 4.74 Å². The van der Waals surface area contributed by atoms with Crippen LogP contribution in [0.3, 0.4) is 0 Å². The molecule has 6 nitrogen and oxygen atoms in total. The molecule has 0 saturated carbocycles. The number of rotatable bonds is 2. The summed E-state index contributed by atoms with van der Waals surface area (Å²) >= 11 is 0. The van der Waals surface area contributed by atoms with Gasteiger partial charge in [0.15, 0.2) is 0 Å². The molecule has 0 spiro atoms. The van der Waals surface area contributed by atoms with Crippen LogP contribution in [0.2, 0.25) is 0 Å². The lowest BCUT2D eigenvalue weighted by atomic mass is 9.95. The second-order valence-electron chi connectivity index (χ2n) is 6.25. The Bertz CT molecular complexity index is 482. The molecule has 1 unspecified atom stereocenters. The Balaban J connectivity index is 2.01. The predicted octanol–water partition coefficient (Wildman–Crippen LogP) is 2.60. The summed E-state index contributed by atoms with van der Waals surface area (Å²) in [5, 5.41) is 0. The summed E-state index contributed by atoms with van der Waals surface area (Å²) in [6.07, 6.45) is 5.02. The molecule has 1 aliphatic rings. The average Bonchev–Trinajstić information content (AvgIpc) is 2.46. The molecule has 0 aromatic carbocycles. The van der Waals surface area contributed by atoms with E-state index in [9.17, 15) is 4.79 Å². The van der Waals surface area contributed by atoms with E-state index >= 15 is 0 Å². The quantitative estimate of drug-likeness (QED) is 0.838. The van der Waals surface area contributed by atoms with Gasteiger partial charge in [0.2, 0.25) is 5.88 Å². The number of hydrogen-bond donors (Lipinski definition) is 0. The molecule has 1 fully saturated rings. The van der Waals surface area contributed by atoms with Gasteiger partial charge in [0, 0.05) is 19.0 Å². The van der Waals surface area contributed by atoms with Crippen molar-refractivity contribution in [1.82, 2.24) is 14.9 Å². The van der Waals surface area contributed by atoms with Gasteiger partial charge in [0.1, 0.15) is 5.60 Å². The first-order chi connectivity index (χ1) is 9.89. The summed E-state index contributed by atoms with van der Waals surface area (Å²) in [5.41, 5.74) is 0.424. The van der Waals surface area contributed by atoms with Gasteiger partial charge in [-0.15, -0.1) is 0 Å². The van der Waals surface area contributed by atoms with Crippen molar-refractivity contribution in [3.8, 4) is 5.88 Å². The largest absolute Gasteiger partial charge is 0.480 e. The number of nitrogens with zero attached hydrogens (tertiary/aromatic N) is 3. The Kier molecular flexibility index (Phi) is 4.65. The first-order valence-electron chi connectivity index (χ1n) is 7.23. The van der Waals surface area contributed by atoms with Crippen molar-refractivity contribution in [2.75, 3.05) is 20.2 Å². The molecule has 0 N–H and O–H groups in total. The van der Waals surface area contributed by atoms with Crippen LogP contribution in [-0.2, 0) is 4.74 Å². The van der Waals surface area contributed by atoms with E-state index < -0.39 is 5.60 Å². The van der Waals surface area contributed by atoms with E-state index in [-0.39, 0.29) is 12.0 Å². The maximum absolute atomic E-state index is 12.1. The molecule has 0 radical (unpaired) electrons. The first-order valence-corrected chi connectivity index (χ1v) is 7.23. The number of carbonyl (C=O) groups is 1. The minimum Gasteiger partial charge on any atom is -0.480 e. The van der Waals surface area contributed by atoms with E-state index in [2.05, 4.69) is 9.97 Å². The third-order valence-electron chi connectivity index (χ3n) is 3.35. The lowest BCUT2D eigenvalue weighted by Crippen LogP contribution is -2.42. The highest BCUT2D eigenvalue weighted by atomic mass is 16.6. The van der Waals surface area contributed by atoms with Crippen LogP contribution in [0, 0.1) is 0 Å². The molecule has 1 aromatic heterocycles. The van der Waals surface area contributed by atoms with Gasteiger partial charge in [-0.2, -0.15) is 0 Å². The lowest BCUT2D eigenvalue weighted by Gasteiger charge is -2.33. The second-order valence-corrected chi connectivity index (χ2v) is 6.25. The monoisotopic (exact) mass is 293 g/mol. The number of carbonyl (C=O) groups excluding carboxylic acids is 1. The molecule has 2 rings (SSSR count). The summed E-state index contributed by atoms with van der Waals surface area (Å²) in [6, 6.07) is 0. The first kappa shape index (κ1) is 15.5. The minimum atomic E-state index is -0.468. The predicted molar refractivity (Wildman–Crippen MR) is 78.4 cm³/mol. The van der Waals surface area contributed by atoms with E-state index in [0.29, 0.717) is 12.4 Å². The fraction of sp³-hybridized carbons (Fsp3) is 0.667. The second kappa shape index (κ2) is 6.28. The van der Waals surface area contributed by atoms with Crippen molar-refractivity contribution in [3.63, 3.8) is 0 Å². The van der Waals surface area contributed by atoms with Crippen LogP contribution >= 0.6 is 0 Å². The molecule has 1 atom stereocenters. The van der Waals surface area contributed by atoms with Gasteiger partial charge in [-0.3, -0.25) is 4.98 Å². The standard InChI is InChI=1S/C15H23N3O3/c1-15(2,3)21-14(19)18-7-5-6-11(10-18)12-8-17-13(20-4)9-16-12/h8-9,11H,5-7,10H2,1-4H3. The smallest absolute Gasteiger partial charge is 0.410 e. The van der Waals surface area contributed by atoms with Gasteiger partial charge >= 0.3 is 6.09 Å². The van der Waals surface area contributed by atoms with E-state index in [1.807, 2.05) is 20.8 Å². The van der Waals surface area contributed by atoms with Crippen molar-refractivity contribution >= 4 is 6.09 Å². The van der Waals surface area contributed by atoms with E-state index in [4.69, 9.17) is 9.47 Å². The Hall–Kier alpha value is -1.85. The topological polar surface area (TPSA) is 64.5 Å². The highest BCUT2D eigenvalue weighted by Crippen LogP contribution is 2.26. The molecule has 2 heterocycles. The van der Waals surface area contributed by atoms with Crippen molar-refractivity contribution < 1.29 is 14.3 Å². The Labute approximate surface area is 125 Å². The van der Waals surface area contributed by atoms with Crippen molar-refractivity contribution in [2.24, 2.45) is 0 Å². The third-order valence-corrected chi connectivity index (χ3v) is 3.35. The van der Waals surface area contributed by atoms with Crippen LogP contribution in [0.25, 0.3) is 0 Å². The maximum atomic E-state index is 12.1. The Morgan fingerprint density at radius 2 is 2.10 bits per heavy atom. The Morgan fingerprint density at radius 3 is 2.67 bits per heavy atom.